The summed E-state index contributed by atoms with van der Waals surface area (Å²) in [6.07, 6.45) is 8.93. The number of amides is 2. The molecule has 196 valence electrons. The molecule has 1 fully saturated rings. The molecule has 0 aliphatic carbocycles. The summed E-state index contributed by atoms with van der Waals surface area (Å²) in [5.41, 5.74) is 6.02. The fraction of sp³-hybridized carbons (Fsp3) is 0.357. The second kappa shape index (κ2) is 10.9. The number of anilines is 2. The minimum atomic E-state index is -0.216. The third kappa shape index (κ3) is 5.33. The van der Waals surface area contributed by atoms with Crippen LogP contribution in [0.3, 0.4) is 0 Å². The number of likely N-dealkylation sites (tertiary alicyclic amines) is 1. The molecular weight excluding hydrogens is 478 g/mol. The number of piperidine rings is 1. The van der Waals surface area contributed by atoms with Crippen molar-refractivity contribution in [2.75, 3.05) is 37.8 Å². The number of carbonyl (C=O) groups excluding carboxylic acids is 1. The Morgan fingerprint density at radius 1 is 1.24 bits per heavy atom. The van der Waals surface area contributed by atoms with Crippen LogP contribution in [0.1, 0.15) is 35.2 Å². The van der Waals surface area contributed by atoms with Gasteiger partial charge in [0.25, 0.3) is 0 Å². The van der Waals surface area contributed by atoms with Crippen LogP contribution in [0.2, 0.25) is 0 Å². The minimum Gasteiger partial charge on any atom is -0.367 e. The van der Waals surface area contributed by atoms with Gasteiger partial charge in [-0.15, -0.1) is 0 Å². The van der Waals surface area contributed by atoms with Gasteiger partial charge in [0.05, 0.1) is 12.7 Å². The number of fused-ring (bicyclic) bond motifs is 1. The highest BCUT2D eigenvalue weighted by Crippen LogP contribution is 2.28. The number of hydrogen-bond acceptors (Lipinski definition) is 6. The summed E-state index contributed by atoms with van der Waals surface area (Å²) in [6, 6.07) is 10.8. The fourth-order valence-corrected chi connectivity index (χ4v) is 5.03. The highest BCUT2D eigenvalue weighted by molar-refractivity contribution is 5.91. The summed E-state index contributed by atoms with van der Waals surface area (Å²) < 4.78 is 2.09. The first-order valence-corrected chi connectivity index (χ1v) is 12.8. The first-order valence-electron chi connectivity index (χ1n) is 12.8. The van der Waals surface area contributed by atoms with E-state index in [1.807, 2.05) is 24.5 Å². The second-order valence-corrected chi connectivity index (χ2v) is 10.0. The molecule has 0 unspecified atom stereocenters. The summed E-state index contributed by atoms with van der Waals surface area (Å²) in [7, 11) is 3.39. The fourth-order valence-electron chi connectivity index (χ4n) is 5.03. The summed E-state index contributed by atoms with van der Waals surface area (Å²) in [4.78, 5) is 27.6. The Labute approximate surface area is 222 Å². The number of aromatic nitrogens is 4. The summed E-state index contributed by atoms with van der Waals surface area (Å²) in [5, 5.41) is 17.3. The number of carbonyl (C=O) groups is 1. The molecule has 0 radical (unpaired) electrons. The van der Waals surface area contributed by atoms with E-state index >= 15 is 0 Å². The molecule has 10 nitrogen and oxygen atoms in total. The van der Waals surface area contributed by atoms with Gasteiger partial charge in [-0.25, -0.2) is 14.8 Å². The van der Waals surface area contributed by atoms with E-state index < -0.39 is 0 Å². The van der Waals surface area contributed by atoms with Gasteiger partial charge in [-0.2, -0.15) is 5.26 Å². The van der Waals surface area contributed by atoms with E-state index in [-0.39, 0.29) is 12.1 Å². The van der Waals surface area contributed by atoms with Gasteiger partial charge < -0.3 is 25.1 Å². The molecule has 2 amide bonds. The van der Waals surface area contributed by atoms with E-state index in [1.54, 1.807) is 20.3 Å². The maximum atomic E-state index is 12.1. The van der Waals surface area contributed by atoms with Crippen molar-refractivity contribution in [2.24, 2.45) is 0 Å². The number of nitrogens with one attached hydrogen (secondary N) is 3. The number of aryl methyl sites for hydroxylation is 1. The number of nitrogens with zero attached hydrogens (tertiary/aromatic N) is 6. The van der Waals surface area contributed by atoms with Crippen LogP contribution in [0.4, 0.5) is 16.3 Å². The van der Waals surface area contributed by atoms with Crippen molar-refractivity contribution in [2.45, 2.75) is 38.9 Å². The molecule has 0 atom stereocenters. The van der Waals surface area contributed by atoms with Crippen molar-refractivity contribution in [1.82, 2.24) is 29.3 Å². The van der Waals surface area contributed by atoms with E-state index in [1.165, 1.54) is 22.4 Å². The van der Waals surface area contributed by atoms with E-state index in [4.69, 9.17) is 0 Å². The number of hydrogen-bond donors (Lipinski definition) is 3. The highest BCUT2D eigenvalue weighted by Gasteiger charge is 2.22. The second-order valence-electron chi connectivity index (χ2n) is 10.0. The number of urea groups is 1. The topological polar surface area (TPSA) is 118 Å². The molecule has 1 aliphatic rings. The normalized spacial score (nSPS) is 14.4. The average molecular weight is 512 g/mol. The first kappa shape index (κ1) is 25.3. The number of rotatable bonds is 7. The van der Waals surface area contributed by atoms with Gasteiger partial charge in [0, 0.05) is 63.1 Å². The Hall–Kier alpha value is -4.36. The van der Waals surface area contributed by atoms with Crippen molar-refractivity contribution >= 4 is 28.4 Å². The van der Waals surface area contributed by atoms with Crippen molar-refractivity contribution in [3.8, 4) is 6.07 Å². The molecule has 3 aromatic heterocycles. The van der Waals surface area contributed by atoms with E-state index in [0.29, 0.717) is 23.7 Å². The SMILES string of the molecule is Cc1c(CN2CCC(Nc3ncncc3NC(=O)N(C)C)CC2)ccc2c1cc(C#N)n2Cc1cc[nH]c1. The van der Waals surface area contributed by atoms with Crippen LogP contribution in [0.5, 0.6) is 0 Å². The van der Waals surface area contributed by atoms with Gasteiger partial charge in [0.15, 0.2) is 5.82 Å². The van der Waals surface area contributed by atoms with Gasteiger partial charge in [-0.3, -0.25) is 4.90 Å². The Balaban J connectivity index is 1.24. The zero-order chi connectivity index (χ0) is 26.6. The molecule has 4 heterocycles. The van der Waals surface area contributed by atoms with Gasteiger partial charge in [-0.1, -0.05) is 6.07 Å². The molecular formula is C28H33N9O. The zero-order valence-corrected chi connectivity index (χ0v) is 22.0. The standard InChI is InChI=1S/C28H33N9O/c1-19-21(4-5-26-24(19)12-23(13-29)37(26)16-20-6-9-30-14-20)17-36-10-7-22(8-11-36)33-27-25(15-31-18-32-27)34-28(38)35(2)3/h4-6,9,12,14-15,18,22,30H,7-8,10-11,16-17H2,1-3H3,(H,34,38)(H,31,32,33). The number of H-pyrrole nitrogens is 1. The predicted molar refractivity (Wildman–Crippen MR) is 148 cm³/mol. The molecule has 0 saturated carbocycles. The number of nitriles is 1. The Bertz CT molecular complexity index is 1460. The van der Waals surface area contributed by atoms with Crippen LogP contribution in [0, 0.1) is 18.3 Å². The number of aromatic amines is 1. The lowest BCUT2D eigenvalue weighted by molar-refractivity contribution is 0.211. The molecule has 4 aromatic rings. The van der Waals surface area contributed by atoms with Crippen LogP contribution in [0.25, 0.3) is 10.9 Å². The molecule has 0 spiro atoms. The third-order valence-corrected chi connectivity index (χ3v) is 7.27. The molecule has 1 aliphatic heterocycles. The van der Waals surface area contributed by atoms with Crippen molar-refractivity contribution in [3.05, 3.63) is 71.6 Å². The molecule has 1 saturated heterocycles. The van der Waals surface area contributed by atoms with E-state index in [2.05, 4.69) is 60.2 Å². The van der Waals surface area contributed by atoms with Crippen LogP contribution < -0.4 is 10.6 Å². The minimum absolute atomic E-state index is 0.216. The summed E-state index contributed by atoms with van der Waals surface area (Å²) in [5.74, 6) is 0.646. The highest BCUT2D eigenvalue weighted by atomic mass is 16.2. The zero-order valence-electron chi connectivity index (χ0n) is 22.0. The van der Waals surface area contributed by atoms with Crippen LogP contribution in [-0.2, 0) is 13.1 Å². The Morgan fingerprint density at radius 2 is 2.05 bits per heavy atom. The van der Waals surface area contributed by atoms with Gasteiger partial charge in [0.2, 0.25) is 0 Å². The first-order chi connectivity index (χ1) is 18.4. The van der Waals surface area contributed by atoms with Crippen LogP contribution in [-0.4, -0.2) is 68.6 Å². The lowest BCUT2D eigenvalue weighted by atomic mass is 10.0. The Morgan fingerprint density at radius 3 is 2.76 bits per heavy atom. The molecule has 5 rings (SSSR count). The van der Waals surface area contributed by atoms with Gasteiger partial charge in [0.1, 0.15) is 23.8 Å². The van der Waals surface area contributed by atoms with Crippen molar-refractivity contribution < 1.29 is 4.79 Å². The molecule has 10 heteroatoms. The molecule has 1 aromatic carbocycles. The monoisotopic (exact) mass is 511 g/mol. The van der Waals surface area contributed by atoms with Crippen molar-refractivity contribution in [3.63, 3.8) is 0 Å². The number of benzene rings is 1. The van der Waals surface area contributed by atoms with Gasteiger partial charge in [-0.05, 0) is 54.7 Å². The van der Waals surface area contributed by atoms with Crippen LogP contribution >= 0.6 is 0 Å². The van der Waals surface area contributed by atoms with E-state index in [9.17, 15) is 10.1 Å². The smallest absolute Gasteiger partial charge is 0.321 e. The third-order valence-electron chi connectivity index (χ3n) is 7.27. The Kier molecular flexibility index (Phi) is 7.29. The van der Waals surface area contributed by atoms with Crippen molar-refractivity contribution in [1.29, 1.82) is 5.26 Å². The average Bonchev–Trinajstić information content (AvgIpc) is 3.56. The van der Waals surface area contributed by atoms with Gasteiger partial charge >= 0.3 is 6.03 Å². The maximum absolute atomic E-state index is 12.1. The predicted octanol–water partition coefficient (Wildman–Crippen LogP) is 4.16. The lowest BCUT2D eigenvalue weighted by Gasteiger charge is -2.33. The largest absolute Gasteiger partial charge is 0.367 e. The maximum Gasteiger partial charge on any atom is 0.321 e. The summed E-state index contributed by atoms with van der Waals surface area (Å²) >= 11 is 0. The molecule has 0 bridgehead atoms. The molecule has 3 N–H and O–H groups in total. The van der Waals surface area contributed by atoms with E-state index in [0.717, 1.165) is 48.9 Å². The van der Waals surface area contributed by atoms with Crippen LogP contribution in [0.15, 0.2) is 49.2 Å². The quantitative estimate of drug-likeness (QED) is 0.343. The summed E-state index contributed by atoms with van der Waals surface area (Å²) in [6.45, 7) is 5.61. The molecule has 38 heavy (non-hydrogen) atoms. The lowest BCUT2D eigenvalue weighted by Crippen LogP contribution is -2.39.